The number of hydrogen-bond donors (Lipinski definition) is 2. The van der Waals surface area contributed by atoms with Crippen molar-refractivity contribution in [2.75, 3.05) is 0 Å². The van der Waals surface area contributed by atoms with E-state index in [9.17, 15) is 19.7 Å². The predicted octanol–water partition coefficient (Wildman–Crippen LogP) is 2.14. The van der Waals surface area contributed by atoms with Crippen molar-refractivity contribution < 1.29 is 19.6 Å². The first-order valence-corrected chi connectivity index (χ1v) is 7.23. The molecular formula is C15H18N2O5. The lowest BCUT2D eigenvalue weighted by Gasteiger charge is -2.12. The normalized spacial score (nSPS) is 20.6. The number of nitro groups is 1. The van der Waals surface area contributed by atoms with Crippen LogP contribution in [0.4, 0.5) is 5.69 Å². The first kappa shape index (κ1) is 15.9. The van der Waals surface area contributed by atoms with E-state index in [0.29, 0.717) is 31.2 Å². The Kier molecular flexibility index (Phi) is 4.75. The molecule has 0 aliphatic heterocycles. The largest absolute Gasteiger partial charge is 0.481 e. The molecule has 1 aromatic rings. The van der Waals surface area contributed by atoms with Gasteiger partial charge in [0.1, 0.15) is 0 Å². The Morgan fingerprint density at radius 2 is 2.14 bits per heavy atom. The summed E-state index contributed by atoms with van der Waals surface area (Å²) in [6, 6.07) is 4.23. The fraction of sp³-hybridized carbons (Fsp3) is 0.467. The number of carboxylic acid groups (broad SMARTS) is 1. The summed E-state index contributed by atoms with van der Waals surface area (Å²) in [6.45, 7) is 1.81. The van der Waals surface area contributed by atoms with Gasteiger partial charge in [0.25, 0.3) is 11.6 Å². The summed E-state index contributed by atoms with van der Waals surface area (Å²) in [6.07, 6.45) is 2.06. The molecule has 7 nitrogen and oxygen atoms in total. The lowest BCUT2D eigenvalue weighted by atomic mass is 10.1. The highest BCUT2D eigenvalue weighted by Crippen LogP contribution is 2.26. The summed E-state index contributed by atoms with van der Waals surface area (Å²) in [7, 11) is 0. The van der Waals surface area contributed by atoms with E-state index in [-0.39, 0.29) is 17.3 Å². The van der Waals surface area contributed by atoms with E-state index in [1.54, 1.807) is 12.1 Å². The molecule has 118 valence electrons. The van der Waals surface area contributed by atoms with Crippen molar-refractivity contribution in [1.82, 2.24) is 5.32 Å². The molecule has 2 N–H and O–H groups in total. The number of carbonyl (C=O) groups excluding carboxylic acids is 1. The molecule has 1 aliphatic rings. The van der Waals surface area contributed by atoms with Gasteiger partial charge in [0, 0.05) is 23.2 Å². The first-order valence-electron chi connectivity index (χ1n) is 7.23. The molecule has 0 aromatic heterocycles. The Labute approximate surface area is 127 Å². The van der Waals surface area contributed by atoms with E-state index >= 15 is 0 Å². The number of rotatable bonds is 5. The van der Waals surface area contributed by atoms with Gasteiger partial charge in [-0.15, -0.1) is 0 Å². The van der Waals surface area contributed by atoms with E-state index in [0.717, 1.165) is 0 Å². The van der Waals surface area contributed by atoms with Gasteiger partial charge in [-0.05, 0) is 31.7 Å². The maximum atomic E-state index is 12.2. The van der Waals surface area contributed by atoms with Crippen LogP contribution in [-0.4, -0.2) is 27.9 Å². The second-order valence-electron chi connectivity index (χ2n) is 5.47. The van der Waals surface area contributed by atoms with Crippen LogP contribution >= 0.6 is 0 Å². The quantitative estimate of drug-likeness (QED) is 0.639. The summed E-state index contributed by atoms with van der Waals surface area (Å²) < 4.78 is 0. The van der Waals surface area contributed by atoms with Crippen LogP contribution in [0.3, 0.4) is 0 Å². The highest BCUT2D eigenvalue weighted by molar-refractivity contribution is 5.95. The van der Waals surface area contributed by atoms with Gasteiger partial charge < -0.3 is 10.4 Å². The highest BCUT2D eigenvalue weighted by atomic mass is 16.6. The molecule has 7 heteroatoms. The predicted molar refractivity (Wildman–Crippen MR) is 78.7 cm³/mol. The van der Waals surface area contributed by atoms with Gasteiger partial charge in [-0.1, -0.05) is 13.0 Å². The third-order valence-electron chi connectivity index (χ3n) is 4.04. The average Bonchev–Trinajstić information content (AvgIpc) is 2.95. The number of nitrogens with zero attached hydrogens (tertiary/aromatic N) is 1. The van der Waals surface area contributed by atoms with Crippen molar-refractivity contribution in [3.63, 3.8) is 0 Å². The van der Waals surface area contributed by atoms with Crippen LogP contribution in [-0.2, 0) is 11.2 Å². The molecule has 0 radical (unpaired) electrons. The summed E-state index contributed by atoms with van der Waals surface area (Å²) in [5.41, 5.74) is 0.737. The maximum absolute atomic E-state index is 12.2. The SMILES string of the molecule is CCc1ccc(C(=O)N[C@H]2CC[C@@H](C(=O)O)C2)cc1[N+](=O)[O-]. The number of aliphatic carboxylic acids is 1. The van der Waals surface area contributed by atoms with E-state index in [2.05, 4.69) is 5.32 Å². The highest BCUT2D eigenvalue weighted by Gasteiger charge is 2.30. The number of hydrogen-bond acceptors (Lipinski definition) is 4. The zero-order valence-corrected chi connectivity index (χ0v) is 12.2. The van der Waals surface area contributed by atoms with Crippen LogP contribution in [0.1, 0.15) is 42.1 Å². The molecule has 0 bridgehead atoms. The number of nitro benzene ring substituents is 1. The second-order valence-corrected chi connectivity index (χ2v) is 5.47. The standard InChI is InChI=1S/C15H18N2O5/c1-2-9-3-4-10(8-13(9)17(21)22)14(18)16-12-6-5-11(7-12)15(19)20/h3-4,8,11-12H,2,5-7H2,1H3,(H,16,18)(H,19,20)/t11-,12+/m1/s1. The van der Waals surface area contributed by atoms with Crippen LogP contribution in [0.15, 0.2) is 18.2 Å². The van der Waals surface area contributed by atoms with Crippen LogP contribution in [0, 0.1) is 16.0 Å². The molecule has 0 spiro atoms. The van der Waals surface area contributed by atoms with Crippen LogP contribution in [0.2, 0.25) is 0 Å². The minimum atomic E-state index is -0.848. The Morgan fingerprint density at radius 3 is 2.68 bits per heavy atom. The van der Waals surface area contributed by atoms with Crippen molar-refractivity contribution in [2.45, 2.75) is 38.6 Å². The second kappa shape index (κ2) is 6.55. The zero-order chi connectivity index (χ0) is 16.3. The van der Waals surface area contributed by atoms with Crippen LogP contribution < -0.4 is 5.32 Å². The summed E-state index contributed by atoms with van der Waals surface area (Å²) in [5.74, 6) is -1.68. The molecule has 1 aromatic carbocycles. The van der Waals surface area contributed by atoms with Crippen molar-refractivity contribution >= 4 is 17.6 Å². The van der Waals surface area contributed by atoms with E-state index in [1.807, 2.05) is 6.92 Å². The van der Waals surface area contributed by atoms with Gasteiger partial charge in [-0.3, -0.25) is 19.7 Å². The summed E-state index contributed by atoms with van der Waals surface area (Å²) >= 11 is 0. The van der Waals surface area contributed by atoms with E-state index in [4.69, 9.17) is 5.11 Å². The van der Waals surface area contributed by atoms with Crippen LogP contribution in [0.25, 0.3) is 0 Å². The Balaban J connectivity index is 2.09. The number of amides is 1. The van der Waals surface area contributed by atoms with Crippen LogP contribution in [0.5, 0.6) is 0 Å². The molecule has 2 rings (SSSR count). The number of aryl methyl sites for hydroxylation is 1. The van der Waals surface area contributed by atoms with Gasteiger partial charge >= 0.3 is 5.97 Å². The van der Waals surface area contributed by atoms with Gasteiger partial charge in [0.05, 0.1) is 10.8 Å². The van der Waals surface area contributed by atoms with Crippen molar-refractivity contribution in [1.29, 1.82) is 0 Å². The monoisotopic (exact) mass is 306 g/mol. The van der Waals surface area contributed by atoms with Gasteiger partial charge in [-0.25, -0.2) is 0 Å². The number of nitrogens with one attached hydrogen (secondary N) is 1. The fourth-order valence-electron chi connectivity index (χ4n) is 2.78. The van der Waals surface area contributed by atoms with Gasteiger partial charge in [0.2, 0.25) is 0 Å². The number of benzene rings is 1. The van der Waals surface area contributed by atoms with Crippen molar-refractivity contribution in [3.05, 3.63) is 39.4 Å². The topological polar surface area (TPSA) is 110 Å². The first-order chi connectivity index (χ1) is 10.4. The van der Waals surface area contributed by atoms with Gasteiger partial charge in [-0.2, -0.15) is 0 Å². The minimum Gasteiger partial charge on any atom is -0.481 e. The Morgan fingerprint density at radius 1 is 1.41 bits per heavy atom. The molecule has 1 aliphatic carbocycles. The third kappa shape index (κ3) is 3.41. The van der Waals surface area contributed by atoms with Crippen molar-refractivity contribution in [2.24, 2.45) is 5.92 Å². The van der Waals surface area contributed by atoms with E-state index < -0.39 is 22.7 Å². The molecule has 22 heavy (non-hydrogen) atoms. The fourth-order valence-corrected chi connectivity index (χ4v) is 2.78. The molecule has 1 saturated carbocycles. The maximum Gasteiger partial charge on any atom is 0.306 e. The molecule has 0 heterocycles. The molecule has 1 fully saturated rings. The average molecular weight is 306 g/mol. The molecule has 2 atom stereocenters. The van der Waals surface area contributed by atoms with Crippen molar-refractivity contribution in [3.8, 4) is 0 Å². The lowest BCUT2D eigenvalue weighted by molar-refractivity contribution is -0.385. The molecular weight excluding hydrogens is 288 g/mol. The number of carbonyl (C=O) groups is 2. The summed E-state index contributed by atoms with van der Waals surface area (Å²) in [5, 5.41) is 22.7. The lowest BCUT2D eigenvalue weighted by Crippen LogP contribution is -2.33. The zero-order valence-electron chi connectivity index (χ0n) is 12.2. The third-order valence-corrected chi connectivity index (χ3v) is 4.04. The Bertz CT molecular complexity index is 614. The molecule has 1 amide bonds. The van der Waals surface area contributed by atoms with Gasteiger partial charge in [0.15, 0.2) is 0 Å². The van der Waals surface area contributed by atoms with E-state index in [1.165, 1.54) is 6.07 Å². The minimum absolute atomic E-state index is 0.0648. The molecule has 0 unspecified atom stereocenters. The molecule has 0 saturated heterocycles. The summed E-state index contributed by atoms with van der Waals surface area (Å²) in [4.78, 5) is 33.6. The Hall–Kier alpha value is -2.44. The smallest absolute Gasteiger partial charge is 0.306 e. The number of carboxylic acids is 1.